The Balaban J connectivity index is 1.86. The number of rotatable bonds is 6. The highest BCUT2D eigenvalue weighted by molar-refractivity contribution is 6.33. The summed E-state index contributed by atoms with van der Waals surface area (Å²) in [6.45, 7) is 16.6. The molecule has 0 spiro atoms. The molecule has 10 heteroatoms. The van der Waals surface area contributed by atoms with E-state index in [1.807, 2.05) is 38.7 Å². The van der Waals surface area contributed by atoms with Gasteiger partial charge < -0.3 is 9.80 Å². The zero-order valence-electron chi connectivity index (χ0n) is 25.3. The van der Waals surface area contributed by atoms with Gasteiger partial charge in [-0.05, 0) is 61.6 Å². The highest BCUT2D eigenvalue weighted by Crippen LogP contribution is 2.37. The van der Waals surface area contributed by atoms with E-state index in [9.17, 15) is 9.59 Å². The number of carbonyl (C=O) groups is 1. The molecule has 3 aromatic heterocycles. The molecule has 5 rings (SSSR count). The second kappa shape index (κ2) is 11.9. The first-order chi connectivity index (χ1) is 20.4. The maximum Gasteiger partial charge on any atom is 0.355 e. The zero-order valence-corrected chi connectivity index (χ0v) is 26.1. The van der Waals surface area contributed by atoms with Crippen LogP contribution in [0.1, 0.15) is 64.6 Å². The van der Waals surface area contributed by atoms with Crippen LogP contribution in [0.3, 0.4) is 0 Å². The summed E-state index contributed by atoms with van der Waals surface area (Å²) in [5.74, 6) is -0.156. The Bertz CT molecular complexity index is 1760. The van der Waals surface area contributed by atoms with Gasteiger partial charge in [0.2, 0.25) is 5.91 Å². The van der Waals surface area contributed by atoms with Gasteiger partial charge in [-0.3, -0.25) is 9.78 Å². The number of fused-ring (bicyclic) bond motifs is 1. The first-order valence-electron chi connectivity index (χ1n) is 14.5. The van der Waals surface area contributed by atoms with Crippen LogP contribution >= 0.6 is 11.6 Å². The van der Waals surface area contributed by atoms with Gasteiger partial charge in [0.1, 0.15) is 11.6 Å². The monoisotopic (exact) mass is 602 g/mol. The number of hydrogen-bond acceptors (Lipinski definition) is 6. The van der Waals surface area contributed by atoms with Crippen LogP contribution in [0.2, 0.25) is 5.02 Å². The highest BCUT2D eigenvalue weighted by atomic mass is 35.5. The van der Waals surface area contributed by atoms with Gasteiger partial charge in [0, 0.05) is 36.9 Å². The maximum absolute atomic E-state index is 15.1. The van der Waals surface area contributed by atoms with Crippen LogP contribution in [-0.2, 0) is 4.79 Å². The molecule has 2 unspecified atom stereocenters. The molecular formula is C33H36ClFN6O2. The first kappa shape index (κ1) is 30.4. The van der Waals surface area contributed by atoms with Gasteiger partial charge in [0.15, 0.2) is 5.65 Å². The molecule has 8 nitrogen and oxygen atoms in total. The van der Waals surface area contributed by atoms with E-state index in [0.29, 0.717) is 35.6 Å². The molecule has 4 heterocycles. The molecule has 0 aliphatic carbocycles. The Hall–Kier alpha value is -4.11. The van der Waals surface area contributed by atoms with Crippen molar-refractivity contribution in [2.75, 3.05) is 18.0 Å². The van der Waals surface area contributed by atoms with Crippen LogP contribution in [0.5, 0.6) is 0 Å². The molecule has 1 aliphatic heterocycles. The van der Waals surface area contributed by atoms with Crippen molar-refractivity contribution in [3.05, 3.63) is 87.8 Å². The molecule has 1 fully saturated rings. The molecule has 1 saturated heterocycles. The lowest BCUT2D eigenvalue weighted by atomic mass is 9.97. The second-order valence-electron chi connectivity index (χ2n) is 11.7. The molecule has 0 N–H and O–H groups in total. The van der Waals surface area contributed by atoms with Crippen molar-refractivity contribution in [3.8, 4) is 16.9 Å². The van der Waals surface area contributed by atoms with Crippen LogP contribution < -0.4 is 10.6 Å². The van der Waals surface area contributed by atoms with E-state index in [2.05, 4.69) is 30.4 Å². The number of amides is 1. The average Bonchev–Trinajstić information content (AvgIpc) is 2.97. The smallest absolute Gasteiger partial charge is 0.349 e. The molecule has 224 valence electrons. The summed E-state index contributed by atoms with van der Waals surface area (Å²) in [4.78, 5) is 44.7. The fourth-order valence-electron chi connectivity index (χ4n) is 5.83. The van der Waals surface area contributed by atoms with Crippen molar-refractivity contribution >= 4 is 34.4 Å². The van der Waals surface area contributed by atoms with E-state index < -0.39 is 11.5 Å². The lowest BCUT2D eigenvalue weighted by Crippen LogP contribution is -2.58. The molecule has 0 saturated carbocycles. The van der Waals surface area contributed by atoms with Crippen LogP contribution in [0.15, 0.2) is 60.0 Å². The number of nitrogens with zero attached hydrogens (tertiary/aromatic N) is 6. The molecule has 0 bridgehead atoms. The first-order valence-corrected chi connectivity index (χ1v) is 14.9. The quantitative estimate of drug-likeness (QED) is 0.234. The molecule has 2 atom stereocenters. The van der Waals surface area contributed by atoms with Gasteiger partial charge in [-0.1, -0.05) is 58.0 Å². The molecule has 1 amide bonds. The number of carbonyl (C=O) groups excluding carboxylic acids is 1. The third-order valence-corrected chi connectivity index (χ3v) is 8.31. The largest absolute Gasteiger partial charge is 0.355 e. The Morgan fingerprint density at radius 3 is 2.44 bits per heavy atom. The summed E-state index contributed by atoms with van der Waals surface area (Å²) >= 11 is 6.83. The van der Waals surface area contributed by atoms with Crippen LogP contribution in [0.25, 0.3) is 28.0 Å². The molecular weight excluding hydrogens is 567 g/mol. The van der Waals surface area contributed by atoms with Crippen LogP contribution in [-0.4, -0.2) is 55.5 Å². The molecule has 4 aromatic rings. The second-order valence-corrected chi connectivity index (χ2v) is 12.1. The number of anilines is 1. The van der Waals surface area contributed by atoms with Crippen molar-refractivity contribution in [3.63, 3.8) is 0 Å². The average molecular weight is 603 g/mol. The number of piperazine rings is 1. The van der Waals surface area contributed by atoms with Crippen LogP contribution in [0.4, 0.5) is 10.2 Å². The van der Waals surface area contributed by atoms with Crippen molar-refractivity contribution < 1.29 is 9.18 Å². The van der Waals surface area contributed by atoms with E-state index in [1.54, 1.807) is 35.4 Å². The van der Waals surface area contributed by atoms with Gasteiger partial charge in [-0.2, -0.15) is 4.98 Å². The van der Waals surface area contributed by atoms with Crippen molar-refractivity contribution in [1.29, 1.82) is 0 Å². The topological polar surface area (TPSA) is 84.2 Å². The maximum atomic E-state index is 15.1. The fraction of sp³-hybridized carbons (Fsp3) is 0.364. The van der Waals surface area contributed by atoms with E-state index in [-0.39, 0.29) is 46.1 Å². The van der Waals surface area contributed by atoms with Crippen LogP contribution in [0, 0.1) is 5.82 Å². The number of halogens is 2. The number of aromatic nitrogens is 4. The summed E-state index contributed by atoms with van der Waals surface area (Å²) in [5.41, 5.74) is 2.49. The zero-order chi connectivity index (χ0) is 31.2. The lowest BCUT2D eigenvalue weighted by Gasteiger charge is -2.44. The van der Waals surface area contributed by atoms with Gasteiger partial charge in [0.25, 0.3) is 0 Å². The summed E-state index contributed by atoms with van der Waals surface area (Å²) in [7, 11) is 0. The highest BCUT2D eigenvalue weighted by Gasteiger charge is 2.34. The molecule has 1 aromatic carbocycles. The van der Waals surface area contributed by atoms with Gasteiger partial charge in [-0.15, -0.1) is 0 Å². The summed E-state index contributed by atoms with van der Waals surface area (Å²) in [6, 6.07) is 9.56. The van der Waals surface area contributed by atoms with E-state index in [0.717, 1.165) is 11.3 Å². The Morgan fingerprint density at radius 2 is 1.79 bits per heavy atom. The standard InChI is InChI=1S/C33H36ClFN6O2/c1-8-27(42)39-16-21(7)40(17-20(39)6)31-24-15-25(34)29(23-11-9-10-12-26(23)35)37-32(24)41(33(43)38-31)30-22(18(2)3)13-14-36-28(30)19(4)5/h8-15,18-21H,1,16-17H2,2-7H3. The third-order valence-electron chi connectivity index (χ3n) is 8.02. The number of pyridine rings is 2. The van der Waals surface area contributed by atoms with Crippen molar-refractivity contribution in [1.82, 2.24) is 24.4 Å². The minimum Gasteiger partial charge on any atom is -0.349 e. The third kappa shape index (κ3) is 5.42. The SMILES string of the molecule is C=CC(=O)N1CC(C)N(c2nc(=O)n(-c3c(C(C)C)ccnc3C(C)C)c3nc(-c4ccccc4F)c(Cl)cc23)CC1C. The summed E-state index contributed by atoms with van der Waals surface area (Å²) < 4.78 is 16.6. The predicted molar refractivity (Wildman–Crippen MR) is 170 cm³/mol. The van der Waals surface area contributed by atoms with E-state index in [4.69, 9.17) is 16.6 Å². The van der Waals surface area contributed by atoms with Gasteiger partial charge in [0.05, 0.1) is 27.5 Å². The minimum absolute atomic E-state index is 0.00925. The Labute approximate surface area is 255 Å². The van der Waals surface area contributed by atoms with E-state index >= 15 is 4.39 Å². The molecule has 0 radical (unpaired) electrons. The Morgan fingerprint density at radius 1 is 1.07 bits per heavy atom. The fourth-order valence-corrected chi connectivity index (χ4v) is 6.09. The normalized spacial score (nSPS) is 17.3. The number of benzene rings is 1. The minimum atomic E-state index is -0.530. The van der Waals surface area contributed by atoms with Gasteiger partial charge in [-0.25, -0.2) is 18.7 Å². The molecule has 43 heavy (non-hydrogen) atoms. The van der Waals surface area contributed by atoms with Gasteiger partial charge >= 0.3 is 5.69 Å². The number of hydrogen-bond donors (Lipinski definition) is 0. The molecule has 1 aliphatic rings. The predicted octanol–water partition coefficient (Wildman–Crippen LogP) is 6.49. The lowest BCUT2D eigenvalue weighted by molar-refractivity contribution is -0.128. The Kier molecular flexibility index (Phi) is 8.38. The summed E-state index contributed by atoms with van der Waals surface area (Å²) in [5, 5.41) is 0.770. The van der Waals surface area contributed by atoms with Crippen molar-refractivity contribution in [2.24, 2.45) is 0 Å². The van der Waals surface area contributed by atoms with E-state index in [1.165, 1.54) is 16.7 Å². The van der Waals surface area contributed by atoms with Crippen molar-refractivity contribution in [2.45, 2.75) is 65.5 Å². The summed E-state index contributed by atoms with van der Waals surface area (Å²) in [6.07, 6.45) is 3.07.